The zero-order chi connectivity index (χ0) is 23.9. The number of likely N-dealkylation sites (tertiary alicyclic amines) is 1. The average molecular weight is 472 g/mol. The molecule has 1 heterocycles. The first-order valence-electron chi connectivity index (χ1n) is 14.3. The van der Waals surface area contributed by atoms with Gasteiger partial charge in [0.05, 0.1) is 6.42 Å². The third kappa shape index (κ3) is 4.34. The van der Waals surface area contributed by atoms with Crippen LogP contribution in [-0.2, 0) is 19.1 Å². The van der Waals surface area contributed by atoms with Crippen LogP contribution in [-0.4, -0.2) is 41.8 Å². The summed E-state index contributed by atoms with van der Waals surface area (Å²) in [5.74, 6) is 3.05. The van der Waals surface area contributed by atoms with Crippen LogP contribution in [0.15, 0.2) is 0 Å². The number of amides is 1. The van der Waals surface area contributed by atoms with Crippen molar-refractivity contribution in [2.24, 2.45) is 34.5 Å². The van der Waals surface area contributed by atoms with Crippen LogP contribution in [0, 0.1) is 34.5 Å². The van der Waals surface area contributed by atoms with Crippen LogP contribution in [0.5, 0.6) is 0 Å². The lowest BCUT2D eigenvalue weighted by molar-refractivity contribution is -0.168. The van der Waals surface area contributed by atoms with E-state index in [0.29, 0.717) is 34.9 Å². The lowest BCUT2D eigenvalue weighted by atomic mass is 9.43. The first-order valence-corrected chi connectivity index (χ1v) is 14.3. The summed E-state index contributed by atoms with van der Waals surface area (Å²) in [7, 11) is 0. The zero-order valence-electron chi connectivity index (χ0n) is 21.5. The van der Waals surface area contributed by atoms with Gasteiger partial charge in [0.1, 0.15) is 11.9 Å². The van der Waals surface area contributed by atoms with Crippen molar-refractivity contribution in [3.63, 3.8) is 0 Å². The molecule has 0 aromatic heterocycles. The monoisotopic (exact) mass is 471 g/mol. The van der Waals surface area contributed by atoms with Gasteiger partial charge in [-0.25, -0.2) is 0 Å². The molecule has 5 fully saturated rings. The Morgan fingerprint density at radius 3 is 2.50 bits per heavy atom. The molecule has 7 atom stereocenters. The van der Waals surface area contributed by atoms with E-state index < -0.39 is 0 Å². The van der Waals surface area contributed by atoms with Gasteiger partial charge in [-0.2, -0.15) is 0 Å². The number of carbonyl (C=O) groups is 3. The van der Waals surface area contributed by atoms with E-state index in [2.05, 4.69) is 13.8 Å². The van der Waals surface area contributed by atoms with E-state index in [0.717, 1.165) is 64.5 Å². The number of ether oxygens (including phenoxy) is 1. The highest BCUT2D eigenvalue weighted by Gasteiger charge is 2.59. The summed E-state index contributed by atoms with van der Waals surface area (Å²) in [6.45, 7) is 6.47. The number of nitrogens with zero attached hydrogens (tertiary/aromatic N) is 1. The lowest BCUT2D eigenvalue weighted by Gasteiger charge is -2.62. The Labute approximate surface area is 205 Å². The Morgan fingerprint density at radius 1 is 0.912 bits per heavy atom. The third-order valence-electron chi connectivity index (χ3n) is 11.1. The van der Waals surface area contributed by atoms with Crippen molar-refractivity contribution >= 4 is 17.7 Å². The molecular weight excluding hydrogens is 426 g/mol. The molecule has 5 rings (SSSR count). The van der Waals surface area contributed by atoms with Gasteiger partial charge in [-0.15, -0.1) is 0 Å². The fraction of sp³-hybridized carbons (Fsp3) is 0.897. The van der Waals surface area contributed by atoms with E-state index in [-0.39, 0.29) is 36.2 Å². The summed E-state index contributed by atoms with van der Waals surface area (Å²) in [5, 5.41) is 0. The fourth-order valence-corrected chi connectivity index (χ4v) is 9.05. The molecule has 0 aromatic rings. The van der Waals surface area contributed by atoms with Gasteiger partial charge in [0, 0.05) is 31.3 Å². The quantitative estimate of drug-likeness (QED) is 0.494. The number of fused-ring (bicyclic) bond motifs is 5. The molecule has 7 unspecified atom stereocenters. The van der Waals surface area contributed by atoms with E-state index in [9.17, 15) is 14.4 Å². The van der Waals surface area contributed by atoms with Gasteiger partial charge in [-0.1, -0.05) is 13.8 Å². The SMILES string of the molecule is CC12CCC3C(CCC4CC(OC(=O)CCC(=O)N5CCCCC5)CCC43C)C1CCCC2=O. The van der Waals surface area contributed by atoms with Crippen LogP contribution in [0.4, 0.5) is 0 Å². The Kier molecular flexibility index (Phi) is 6.85. The van der Waals surface area contributed by atoms with E-state index >= 15 is 0 Å². The van der Waals surface area contributed by atoms with Crippen molar-refractivity contribution in [1.29, 1.82) is 0 Å². The summed E-state index contributed by atoms with van der Waals surface area (Å²) in [5.41, 5.74) is 0.249. The summed E-state index contributed by atoms with van der Waals surface area (Å²) in [6.07, 6.45) is 14.8. The summed E-state index contributed by atoms with van der Waals surface area (Å²) >= 11 is 0. The van der Waals surface area contributed by atoms with Crippen molar-refractivity contribution in [2.45, 2.75) is 116 Å². The van der Waals surface area contributed by atoms with E-state index in [4.69, 9.17) is 4.74 Å². The number of rotatable bonds is 4. The molecule has 0 spiro atoms. The molecule has 1 saturated heterocycles. The van der Waals surface area contributed by atoms with E-state index in [1.54, 1.807) is 0 Å². The molecule has 0 aromatic carbocycles. The molecule has 4 aliphatic carbocycles. The lowest BCUT2D eigenvalue weighted by Crippen LogP contribution is -2.56. The number of esters is 1. The van der Waals surface area contributed by atoms with Crippen LogP contribution >= 0.6 is 0 Å². The van der Waals surface area contributed by atoms with Crippen molar-refractivity contribution < 1.29 is 19.1 Å². The molecule has 0 radical (unpaired) electrons. The second kappa shape index (κ2) is 9.58. The maximum atomic E-state index is 12.8. The van der Waals surface area contributed by atoms with Gasteiger partial charge in [0.25, 0.3) is 0 Å². The predicted octanol–water partition coefficient (Wildman–Crippen LogP) is 5.69. The first kappa shape index (κ1) is 24.3. The topological polar surface area (TPSA) is 63.7 Å². The molecule has 1 amide bonds. The molecule has 5 nitrogen and oxygen atoms in total. The van der Waals surface area contributed by atoms with Gasteiger partial charge >= 0.3 is 5.97 Å². The molecule has 0 N–H and O–H groups in total. The highest BCUT2D eigenvalue weighted by molar-refractivity contribution is 5.85. The molecule has 190 valence electrons. The summed E-state index contributed by atoms with van der Waals surface area (Å²) < 4.78 is 5.92. The zero-order valence-corrected chi connectivity index (χ0v) is 21.5. The summed E-state index contributed by atoms with van der Waals surface area (Å²) in [6, 6.07) is 0. The molecule has 5 aliphatic rings. The number of piperidine rings is 1. The molecule has 34 heavy (non-hydrogen) atoms. The minimum absolute atomic E-state index is 0.0114. The van der Waals surface area contributed by atoms with Crippen LogP contribution in [0.1, 0.15) is 110 Å². The molecular formula is C29H45NO4. The maximum absolute atomic E-state index is 12.8. The number of Topliss-reactive ketones (excluding diaryl/α,β-unsaturated/α-hetero) is 1. The number of hydrogen-bond acceptors (Lipinski definition) is 4. The highest BCUT2D eigenvalue weighted by Crippen LogP contribution is 2.64. The van der Waals surface area contributed by atoms with Crippen LogP contribution in [0.3, 0.4) is 0 Å². The second-order valence-electron chi connectivity index (χ2n) is 12.8. The van der Waals surface area contributed by atoms with E-state index in [1.165, 1.54) is 32.1 Å². The highest BCUT2D eigenvalue weighted by atomic mass is 16.5. The van der Waals surface area contributed by atoms with Crippen LogP contribution in [0.25, 0.3) is 0 Å². The number of carbonyl (C=O) groups excluding carboxylic acids is 3. The maximum Gasteiger partial charge on any atom is 0.306 e. The van der Waals surface area contributed by atoms with Crippen molar-refractivity contribution in [3.05, 3.63) is 0 Å². The standard InChI is InChI=1S/C29H45NO4/c1-28-15-13-21(34-27(33)12-11-26(32)30-17-4-3-5-18-30)19-20(28)9-10-22-23-7-6-8-25(31)29(23,2)16-14-24(22)28/h20-24H,3-19H2,1-2H3. The fourth-order valence-electron chi connectivity index (χ4n) is 9.05. The van der Waals surface area contributed by atoms with Gasteiger partial charge in [0.15, 0.2) is 0 Å². The Bertz CT molecular complexity index is 804. The minimum atomic E-state index is -0.193. The Balaban J connectivity index is 1.15. The Morgan fingerprint density at radius 2 is 1.71 bits per heavy atom. The summed E-state index contributed by atoms with van der Waals surface area (Å²) in [4.78, 5) is 39.7. The molecule has 1 aliphatic heterocycles. The van der Waals surface area contributed by atoms with Crippen molar-refractivity contribution in [2.75, 3.05) is 13.1 Å². The third-order valence-corrected chi connectivity index (χ3v) is 11.1. The Hall–Kier alpha value is -1.39. The molecule has 4 saturated carbocycles. The van der Waals surface area contributed by atoms with Crippen molar-refractivity contribution in [1.82, 2.24) is 4.90 Å². The van der Waals surface area contributed by atoms with E-state index in [1.807, 2.05) is 4.90 Å². The number of ketones is 1. The van der Waals surface area contributed by atoms with Gasteiger partial charge in [-0.3, -0.25) is 14.4 Å². The smallest absolute Gasteiger partial charge is 0.306 e. The van der Waals surface area contributed by atoms with Gasteiger partial charge in [-0.05, 0) is 106 Å². The van der Waals surface area contributed by atoms with Crippen LogP contribution < -0.4 is 0 Å². The minimum Gasteiger partial charge on any atom is -0.462 e. The largest absolute Gasteiger partial charge is 0.462 e. The average Bonchev–Trinajstić information content (AvgIpc) is 2.84. The van der Waals surface area contributed by atoms with Gasteiger partial charge in [0.2, 0.25) is 5.91 Å². The normalized spacial score (nSPS) is 42.2. The molecule has 0 bridgehead atoms. The first-order chi connectivity index (χ1) is 16.3. The van der Waals surface area contributed by atoms with Crippen LogP contribution in [0.2, 0.25) is 0 Å². The number of hydrogen-bond donors (Lipinski definition) is 0. The predicted molar refractivity (Wildman–Crippen MR) is 131 cm³/mol. The second-order valence-corrected chi connectivity index (χ2v) is 12.8. The van der Waals surface area contributed by atoms with Crippen molar-refractivity contribution in [3.8, 4) is 0 Å². The molecule has 5 heteroatoms. The van der Waals surface area contributed by atoms with Gasteiger partial charge < -0.3 is 9.64 Å².